The first-order chi connectivity index (χ1) is 10.2. The lowest BCUT2D eigenvalue weighted by atomic mass is 10.0. The summed E-state index contributed by atoms with van der Waals surface area (Å²) < 4.78 is 7.40. The monoisotopic (exact) mass is 282 g/mol. The smallest absolute Gasteiger partial charge is 0.137 e. The van der Waals surface area contributed by atoms with Crippen LogP contribution in [0.15, 0.2) is 42.7 Å². The van der Waals surface area contributed by atoms with Crippen LogP contribution < -0.4 is 4.74 Å². The molecule has 21 heavy (non-hydrogen) atoms. The van der Waals surface area contributed by atoms with Crippen molar-refractivity contribution < 1.29 is 4.74 Å². The zero-order valence-corrected chi connectivity index (χ0v) is 13.3. The van der Waals surface area contributed by atoms with Gasteiger partial charge < -0.3 is 4.74 Å². The van der Waals surface area contributed by atoms with Crippen molar-refractivity contribution in [1.82, 2.24) is 9.38 Å². The second-order valence-electron chi connectivity index (χ2n) is 4.70. The molecule has 0 fully saturated rings. The van der Waals surface area contributed by atoms with Gasteiger partial charge in [-0.25, -0.2) is 4.98 Å². The van der Waals surface area contributed by atoms with Gasteiger partial charge in [0.25, 0.3) is 0 Å². The molecule has 3 rings (SSSR count). The molecule has 3 nitrogen and oxygen atoms in total. The summed E-state index contributed by atoms with van der Waals surface area (Å²) in [5, 5.41) is 0. The maximum absolute atomic E-state index is 5.27. The molecule has 0 atom stereocenters. The van der Waals surface area contributed by atoms with Crippen LogP contribution in [0.25, 0.3) is 16.9 Å². The van der Waals surface area contributed by atoms with Gasteiger partial charge in [0.15, 0.2) is 0 Å². The van der Waals surface area contributed by atoms with Crippen LogP contribution in [0.5, 0.6) is 5.75 Å². The van der Waals surface area contributed by atoms with Gasteiger partial charge in [-0.3, -0.25) is 4.40 Å². The molecule has 0 aliphatic carbocycles. The number of rotatable bonds is 2. The van der Waals surface area contributed by atoms with Crippen LogP contribution in [0, 0.1) is 13.8 Å². The van der Waals surface area contributed by atoms with Gasteiger partial charge in [-0.1, -0.05) is 19.9 Å². The third-order valence-corrected chi connectivity index (χ3v) is 3.45. The van der Waals surface area contributed by atoms with Crippen LogP contribution in [-0.2, 0) is 0 Å². The molecule has 0 aliphatic rings. The van der Waals surface area contributed by atoms with Gasteiger partial charge in [0.1, 0.15) is 11.4 Å². The van der Waals surface area contributed by atoms with E-state index < -0.39 is 0 Å². The average molecular weight is 282 g/mol. The van der Waals surface area contributed by atoms with Gasteiger partial charge >= 0.3 is 0 Å². The molecule has 0 radical (unpaired) electrons. The van der Waals surface area contributed by atoms with Crippen LogP contribution >= 0.6 is 0 Å². The number of nitrogens with zero attached hydrogens (tertiary/aromatic N) is 2. The summed E-state index contributed by atoms with van der Waals surface area (Å²) >= 11 is 0. The summed E-state index contributed by atoms with van der Waals surface area (Å²) in [6.45, 7) is 8.23. The van der Waals surface area contributed by atoms with E-state index in [1.54, 1.807) is 7.11 Å². The zero-order chi connectivity index (χ0) is 15.4. The quantitative estimate of drug-likeness (QED) is 0.683. The molecule has 0 spiro atoms. The molecule has 0 bridgehead atoms. The van der Waals surface area contributed by atoms with Gasteiger partial charge in [-0.05, 0) is 49.2 Å². The maximum atomic E-state index is 5.27. The van der Waals surface area contributed by atoms with E-state index in [2.05, 4.69) is 41.4 Å². The predicted molar refractivity (Wildman–Crippen MR) is 88.0 cm³/mol. The molecule has 1 aromatic carbocycles. The standard InChI is InChI=1S/C16H16N2O.C2H6/c1-11-4-7-15-17-8-9-18(15)16(11)14-6-5-13(19-3)10-12(14)2;1-2/h4-10H,1-3H3;1-2H3. The Labute approximate surface area is 126 Å². The Balaban J connectivity index is 0.000000774. The third-order valence-electron chi connectivity index (χ3n) is 3.45. The molecule has 2 heterocycles. The molecule has 0 amide bonds. The van der Waals surface area contributed by atoms with E-state index in [0.29, 0.717) is 0 Å². The number of ether oxygens (including phenoxy) is 1. The molecule has 3 heteroatoms. The van der Waals surface area contributed by atoms with E-state index in [0.717, 1.165) is 11.4 Å². The molecular weight excluding hydrogens is 260 g/mol. The number of fused-ring (bicyclic) bond motifs is 1. The fraction of sp³-hybridized carbons (Fsp3) is 0.278. The van der Waals surface area contributed by atoms with Gasteiger partial charge in [-0.15, -0.1) is 0 Å². The van der Waals surface area contributed by atoms with E-state index in [4.69, 9.17) is 4.74 Å². The highest BCUT2D eigenvalue weighted by Crippen LogP contribution is 2.29. The van der Waals surface area contributed by atoms with Crippen molar-refractivity contribution in [3.05, 3.63) is 53.9 Å². The summed E-state index contributed by atoms with van der Waals surface area (Å²) in [6, 6.07) is 10.3. The Morgan fingerprint density at radius 1 is 1.00 bits per heavy atom. The molecule has 0 N–H and O–H groups in total. The topological polar surface area (TPSA) is 26.5 Å². The lowest BCUT2D eigenvalue weighted by Crippen LogP contribution is -1.96. The predicted octanol–water partition coefficient (Wildman–Crippen LogP) is 4.65. The fourth-order valence-corrected chi connectivity index (χ4v) is 2.47. The Hall–Kier alpha value is -2.29. The normalized spacial score (nSPS) is 10.1. The molecule has 0 aliphatic heterocycles. The minimum Gasteiger partial charge on any atom is -0.497 e. The Morgan fingerprint density at radius 3 is 2.43 bits per heavy atom. The zero-order valence-electron chi connectivity index (χ0n) is 13.3. The minimum atomic E-state index is 0.886. The van der Waals surface area contributed by atoms with Gasteiger partial charge in [0, 0.05) is 18.0 Å². The first kappa shape index (κ1) is 15.1. The number of imidazole rings is 1. The van der Waals surface area contributed by atoms with Crippen LogP contribution in [0.3, 0.4) is 0 Å². The van der Waals surface area contributed by atoms with Crippen molar-refractivity contribution >= 4 is 5.65 Å². The van der Waals surface area contributed by atoms with Crippen molar-refractivity contribution in [2.75, 3.05) is 7.11 Å². The Morgan fingerprint density at radius 2 is 1.76 bits per heavy atom. The lowest BCUT2D eigenvalue weighted by Gasteiger charge is -2.13. The lowest BCUT2D eigenvalue weighted by molar-refractivity contribution is 0.414. The average Bonchev–Trinajstić information content (AvgIpc) is 2.98. The fourth-order valence-electron chi connectivity index (χ4n) is 2.47. The van der Waals surface area contributed by atoms with Crippen molar-refractivity contribution in [3.8, 4) is 17.0 Å². The molecular formula is C18H22N2O. The summed E-state index contributed by atoms with van der Waals surface area (Å²) in [5.74, 6) is 0.886. The number of hydrogen-bond acceptors (Lipinski definition) is 2. The van der Waals surface area contributed by atoms with Crippen LogP contribution in [-0.4, -0.2) is 16.5 Å². The number of methoxy groups -OCH3 is 1. The van der Waals surface area contributed by atoms with E-state index in [-0.39, 0.29) is 0 Å². The minimum absolute atomic E-state index is 0.886. The highest BCUT2D eigenvalue weighted by molar-refractivity contribution is 5.70. The van der Waals surface area contributed by atoms with E-state index in [9.17, 15) is 0 Å². The summed E-state index contributed by atoms with van der Waals surface area (Å²) in [7, 11) is 1.69. The third kappa shape index (κ3) is 2.77. The SMILES string of the molecule is CC.COc1ccc(-c2c(C)ccc3nccn23)c(C)c1. The Bertz CT molecular complexity index is 744. The Kier molecular flexibility index (Phi) is 4.63. The van der Waals surface area contributed by atoms with Crippen molar-refractivity contribution in [2.24, 2.45) is 0 Å². The van der Waals surface area contributed by atoms with Crippen LogP contribution in [0.4, 0.5) is 0 Å². The number of aromatic nitrogens is 2. The summed E-state index contributed by atoms with van der Waals surface area (Å²) in [6.07, 6.45) is 3.83. The maximum Gasteiger partial charge on any atom is 0.137 e. The first-order valence-corrected chi connectivity index (χ1v) is 7.28. The van der Waals surface area contributed by atoms with Crippen LogP contribution in [0.2, 0.25) is 0 Å². The van der Waals surface area contributed by atoms with Crippen molar-refractivity contribution in [1.29, 1.82) is 0 Å². The molecule has 110 valence electrons. The highest BCUT2D eigenvalue weighted by Gasteiger charge is 2.10. The highest BCUT2D eigenvalue weighted by atomic mass is 16.5. The van der Waals surface area contributed by atoms with E-state index in [1.807, 2.05) is 38.4 Å². The summed E-state index contributed by atoms with van der Waals surface area (Å²) in [5.41, 5.74) is 5.80. The molecule has 3 aromatic rings. The largest absolute Gasteiger partial charge is 0.497 e. The molecule has 0 unspecified atom stereocenters. The molecule has 0 saturated carbocycles. The number of aryl methyl sites for hydroxylation is 2. The number of pyridine rings is 1. The summed E-state index contributed by atoms with van der Waals surface area (Å²) in [4.78, 5) is 4.35. The number of benzene rings is 1. The second-order valence-corrected chi connectivity index (χ2v) is 4.70. The van der Waals surface area contributed by atoms with Crippen molar-refractivity contribution in [3.63, 3.8) is 0 Å². The van der Waals surface area contributed by atoms with Gasteiger partial charge in [0.2, 0.25) is 0 Å². The molecule has 2 aromatic heterocycles. The van der Waals surface area contributed by atoms with Crippen LogP contribution in [0.1, 0.15) is 25.0 Å². The van der Waals surface area contributed by atoms with E-state index in [1.165, 1.54) is 22.4 Å². The first-order valence-electron chi connectivity index (χ1n) is 7.28. The number of hydrogen-bond donors (Lipinski definition) is 0. The van der Waals surface area contributed by atoms with E-state index >= 15 is 0 Å². The molecule has 0 saturated heterocycles. The second kappa shape index (κ2) is 6.44. The van der Waals surface area contributed by atoms with Gasteiger partial charge in [0.05, 0.1) is 12.8 Å². The van der Waals surface area contributed by atoms with Gasteiger partial charge in [-0.2, -0.15) is 0 Å². The van der Waals surface area contributed by atoms with Crippen molar-refractivity contribution in [2.45, 2.75) is 27.7 Å².